The number of benzene rings is 2. The summed E-state index contributed by atoms with van der Waals surface area (Å²) >= 11 is 1.26. The van der Waals surface area contributed by atoms with E-state index in [9.17, 15) is 23.1 Å². The molecular weight excluding hydrogens is 467 g/mol. The van der Waals surface area contributed by atoms with Crippen molar-refractivity contribution in [2.24, 2.45) is 12.0 Å². The molecule has 0 spiro atoms. The fourth-order valence-electron chi connectivity index (χ4n) is 3.60. The molecule has 1 aliphatic heterocycles. The van der Waals surface area contributed by atoms with Crippen LogP contribution in [0, 0.1) is 5.41 Å². The molecule has 1 atom stereocenters. The highest BCUT2D eigenvalue weighted by Crippen LogP contribution is 2.29. The van der Waals surface area contributed by atoms with Crippen molar-refractivity contribution in [3.63, 3.8) is 0 Å². The standard InChI is InChI=1S/C23H22F3N5O2S/c1-30-21(33)18(19(27)31-12-16(13-32)29-22(30)31)20(34-17-5-3-2-4-6-17)28-11-14-7-9-15(10-8-14)23(24,25)26/h2-10,16,27-28,32H,11-13H2,1H3. The lowest BCUT2D eigenvalue weighted by atomic mass is 10.1. The van der Waals surface area contributed by atoms with Gasteiger partial charge in [-0.05, 0) is 29.8 Å². The van der Waals surface area contributed by atoms with Gasteiger partial charge in [-0.1, -0.05) is 42.1 Å². The zero-order valence-corrected chi connectivity index (χ0v) is 19.0. The topological polar surface area (TPSA) is 95.4 Å². The zero-order chi connectivity index (χ0) is 24.5. The number of thioether (sulfide) groups is 1. The van der Waals surface area contributed by atoms with E-state index < -0.39 is 23.3 Å². The third kappa shape index (κ3) is 4.80. The molecule has 178 valence electrons. The van der Waals surface area contributed by atoms with Gasteiger partial charge in [0, 0.05) is 18.5 Å². The maximum absolute atomic E-state index is 13.3. The Morgan fingerprint density at radius 1 is 1.21 bits per heavy atom. The van der Waals surface area contributed by atoms with E-state index >= 15 is 0 Å². The molecule has 2 heterocycles. The molecule has 0 radical (unpaired) electrons. The second kappa shape index (κ2) is 9.51. The maximum Gasteiger partial charge on any atom is 0.416 e. The van der Waals surface area contributed by atoms with Crippen LogP contribution in [0.2, 0.25) is 0 Å². The number of halogens is 3. The Balaban J connectivity index is 1.79. The fraction of sp³-hybridized carbons (Fsp3) is 0.261. The van der Waals surface area contributed by atoms with E-state index in [2.05, 4.69) is 10.3 Å². The number of hydrogen-bond acceptors (Lipinski definition) is 6. The first kappa shape index (κ1) is 23.8. The van der Waals surface area contributed by atoms with Crippen LogP contribution in [0.4, 0.5) is 13.2 Å². The van der Waals surface area contributed by atoms with Gasteiger partial charge in [-0.2, -0.15) is 13.2 Å². The number of aliphatic hydroxyl groups excluding tert-OH is 1. The van der Waals surface area contributed by atoms with Gasteiger partial charge in [-0.3, -0.25) is 19.3 Å². The molecule has 11 heteroatoms. The maximum atomic E-state index is 13.3. The number of aliphatic hydroxyl groups is 1. The van der Waals surface area contributed by atoms with Crippen molar-refractivity contribution >= 4 is 16.8 Å². The van der Waals surface area contributed by atoms with Crippen LogP contribution in [0.25, 0.3) is 5.03 Å². The van der Waals surface area contributed by atoms with Gasteiger partial charge in [0.05, 0.1) is 29.8 Å². The predicted octanol–water partition coefficient (Wildman–Crippen LogP) is 1.33. The lowest BCUT2D eigenvalue weighted by Crippen LogP contribution is -2.58. The zero-order valence-electron chi connectivity index (χ0n) is 18.1. The second-order valence-electron chi connectivity index (χ2n) is 7.76. The number of fused-ring (bicyclic) bond motifs is 1. The summed E-state index contributed by atoms with van der Waals surface area (Å²) in [6, 6.07) is 13.6. The Hall–Kier alpha value is -3.31. The summed E-state index contributed by atoms with van der Waals surface area (Å²) in [5.74, 6) is 0. The number of hydrogen-bond donors (Lipinski definition) is 3. The number of rotatable bonds is 6. The van der Waals surface area contributed by atoms with E-state index in [-0.39, 0.29) is 30.4 Å². The van der Waals surface area contributed by atoms with Gasteiger partial charge in [0.25, 0.3) is 5.56 Å². The summed E-state index contributed by atoms with van der Waals surface area (Å²) in [6.45, 7) is 0.224. The van der Waals surface area contributed by atoms with Crippen molar-refractivity contribution < 1.29 is 18.3 Å². The fourth-order valence-corrected chi connectivity index (χ4v) is 4.56. The van der Waals surface area contributed by atoms with Crippen molar-refractivity contribution in [1.29, 1.82) is 5.41 Å². The van der Waals surface area contributed by atoms with Crippen molar-refractivity contribution in [3.05, 3.63) is 92.4 Å². The molecule has 3 aromatic rings. The second-order valence-corrected chi connectivity index (χ2v) is 8.84. The largest absolute Gasteiger partial charge is 0.416 e. The van der Waals surface area contributed by atoms with Crippen LogP contribution >= 0.6 is 11.8 Å². The van der Waals surface area contributed by atoms with Gasteiger partial charge in [0.1, 0.15) is 10.7 Å². The van der Waals surface area contributed by atoms with E-state index in [4.69, 9.17) is 5.41 Å². The highest BCUT2D eigenvalue weighted by molar-refractivity contribution is 8.07. The van der Waals surface area contributed by atoms with Gasteiger partial charge < -0.3 is 10.4 Å². The predicted molar refractivity (Wildman–Crippen MR) is 121 cm³/mol. The molecule has 0 saturated heterocycles. The average molecular weight is 490 g/mol. The first-order chi connectivity index (χ1) is 16.2. The molecule has 7 nitrogen and oxygen atoms in total. The summed E-state index contributed by atoms with van der Waals surface area (Å²) < 4.78 is 41.6. The van der Waals surface area contributed by atoms with Crippen LogP contribution in [0.1, 0.15) is 11.1 Å². The number of alkyl halides is 3. The van der Waals surface area contributed by atoms with Gasteiger partial charge >= 0.3 is 6.18 Å². The highest BCUT2D eigenvalue weighted by atomic mass is 32.2. The van der Waals surface area contributed by atoms with Crippen LogP contribution in [-0.4, -0.2) is 26.9 Å². The van der Waals surface area contributed by atoms with Crippen molar-refractivity contribution in [3.8, 4) is 0 Å². The molecule has 4 rings (SSSR count). The molecule has 3 N–H and O–H groups in total. The Kier molecular flexibility index (Phi) is 6.67. The van der Waals surface area contributed by atoms with Gasteiger partial charge in [-0.25, -0.2) is 4.99 Å². The third-order valence-electron chi connectivity index (χ3n) is 5.39. The lowest BCUT2D eigenvalue weighted by Gasteiger charge is -2.13. The Labute approximate surface area is 196 Å². The van der Waals surface area contributed by atoms with E-state index in [1.807, 2.05) is 30.3 Å². The molecule has 1 unspecified atom stereocenters. The van der Waals surface area contributed by atoms with Gasteiger partial charge in [0.15, 0.2) is 0 Å². The third-order valence-corrected chi connectivity index (χ3v) is 6.45. The minimum absolute atomic E-state index is 0.0452. The molecule has 0 bridgehead atoms. The summed E-state index contributed by atoms with van der Waals surface area (Å²) in [5.41, 5.74) is -0.317. The van der Waals surface area contributed by atoms with Crippen molar-refractivity contribution in [2.45, 2.75) is 30.2 Å². The summed E-state index contributed by atoms with van der Waals surface area (Å²) in [4.78, 5) is 18.4. The molecule has 0 saturated carbocycles. The van der Waals surface area contributed by atoms with Crippen molar-refractivity contribution in [1.82, 2.24) is 14.5 Å². The molecule has 34 heavy (non-hydrogen) atoms. The van der Waals surface area contributed by atoms with Crippen LogP contribution in [-0.2, 0) is 26.3 Å². The molecular formula is C23H22F3N5O2S. The quantitative estimate of drug-likeness (QED) is 0.456. The summed E-state index contributed by atoms with van der Waals surface area (Å²) in [7, 11) is 1.56. The normalized spacial score (nSPS) is 16.1. The van der Waals surface area contributed by atoms with Crippen LogP contribution in [0.15, 0.2) is 69.3 Å². The highest BCUT2D eigenvalue weighted by Gasteiger charge is 2.30. The minimum Gasteiger partial charge on any atom is -0.394 e. The van der Waals surface area contributed by atoms with Crippen LogP contribution in [0.5, 0.6) is 0 Å². The molecule has 1 aromatic heterocycles. The number of aromatic nitrogens is 2. The molecule has 0 aliphatic carbocycles. The van der Waals surface area contributed by atoms with Crippen LogP contribution in [0.3, 0.4) is 0 Å². The number of nitrogens with zero attached hydrogens (tertiary/aromatic N) is 3. The molecule has 2 aromatic carbocycles. The van der Waals surface area contributed by atoms with E-state index in [1.165, 1.54) is 28.5 Å². The van der Waals surface area contributed by atoms with Crippen molar-refractivity contribution in [2.75, 3.05) is 6.61 Å². The minimum atomic E-state index is -4.42. The van der Waals surface area contributed by atoms with E-state index in [0.29, 0.717) is 16.2 Å². The van der Waals surface area contributed by atoms with Gasteiger partial charge in [-0.15, -0.1) is 0 Å². The smallest absolute Gasteiger partial charge is 0.394 e. The average Bonchev–Trinajstić information content (AvgIpc) is 3.27. The van der Waals surface area contributed by atoms with Crippen LogP contribution < -0.4 is 27.2 Å². The first-order valence-corrected chi connectivity index (χ1v) is 11.2. The SMILES string of the molecule is Cn1c(=O)c(=C(NCc2ccc(C(F)(F)F)cc2)Sc2ccccc2)c(=N)n2c1=NC(CO)C2. The molecule has 0 amide bonds. The molecule has 0 fully saturated rings. The summed E-state index contributed by atoms with van der Waals surface area (Å²) in [6.07, 6.45) is -4.42. The van der Waals surface area contributed by atoms with Gasteiger partial charge in [0.2, 0.25) is 5.62 Å². The Morgan fingerprint density at radius 2 is 1.88 bits per heavy atom. The Morgan fingerprint density at radius 3 is 2.50 bits per heavy atom. The summed E-state index contributed by atoms with van der Waals surface area (Å²) in [5, 5.41) is 21.9. The molecule has 1 aliphatic rings. The van der Waals surface area contributed by atoms with E-state index in [1.54, 1.807) is 11.6 Å². The Bertz CT molecular complexity index is 1430. The number of nitrogens with one attached hydrogen (secondary N) is 2. The monoisotopic (exact) mass is 489 g/mol. The van der Waals surface area contributed by atoms with E-state index in [0.717, 1.165) is 17.0 Å². The first-order valence-electron chi connectivity index (χ1n) is 10.4. The lowest BCUT2D eigenvalue weighted by molar-refractivity contribution is -0.137.